The molecule has 2 aromatic heterocycles. The van der Waals surface area contributed by atoms with Crippen LogP contribution in [0.2, 0.25) is 0 Å². The molecule has 7 heteroatoms. The Morgan fingerprint density at radius 1 is 1.43 bits per heavy atom. The molecule has 0 aliphatic carbocycles. The topological polar surface area (TPSA) is 90.6 Å². The van der Waals surface area contributed by atoms with E-state index in [1.54, 1.807) is 28.0 Å². The van der Waals surface area contributed by atoms with Gasteiger partial charge in [0.15, 0.2) is 0 Å². The quantitative estimate of drug-likeness (QED) is 0.779. The smallest absolute Gasteiger partial charge is 0.254 e. The molecule has 23 heavy (non-hydrogen) atoms. The Balaban J connectivity index is 1.48. The van der Waals surface area contributed by atoms with Crippen LogP contribution in [0.15, 0.2) is 30.6 Å². The summed E-state index contributed by atoms with van der Waals surface area (Å²) in [5, 5.41) is 13.0. The molecule has 0 bridgehead atoms. The van der Waals surface area contributed by atoms with Gasteiger partial charge in [0.2, 0.25) is 0 Å². The number of hydrogen-bond donors (Lipinski definition) is 1. The number of benzene rings is 1. The highest BCUT2D eigenvalue weighted by Crippen LogP contribution is 2.24. The summed E-state index contributed by atoms with van der Waals surface area (Å²) in [6.07, 6.45) is 3.25. The minimum absolute atomic E-state index is 0.00284. The lowest BCUT2D eigenvalue weighted by Gasteiger charge is -2.39. The molecule has 7 nitrogen and oxygen atoms in total. The number of nitrogens with one attached hydrogen (secondary N) is 1. The number of hydrogen-bond acceptors (Lipinski definition) is 4. The number of nitrogens with zero attached hydrogens (tertiary/aromatic N) is 5. The molecule has 0 spiro atoms. The van der Waals surface area contributed by atoms with Gasteiger partial charge in [0.1, 0.15) is 11.9 Å². The van der Waals surface area contributed by atoms with Crippen molar-refractivity contribution in [3.63, 3.8) is 0 Å². The van der Waals surface area contributed by atoms with E-state index in [4.69, 9.17) is 5.26 Å². The van der Waals surface area contributed by atoms with Crippen LogP contribution in [0.1, 0.15) is 27.8 Å². The number of rotatable bonds is 2. The molecule has 0 unspecified atom stereocenters. The zero-order valence-corrected chi connectivity index (χ0v) is 12.5. The lowest BCUT2D eigenvalue weighted by molar-refractivity contribution is 0.0501. The SMILES string of the molecule is Cc1nc2ccc(C(=O)N3CC(n4cc(C#N)cn4)C3)cc2[nH]1. The summed E-state index contributed by atoms with van der Waals surface area (Å²) in [5.41, 5.74) is 2.92. The standard InChI is InChI=1S/C16H14N6O/c1-10-19-14-3-2-12(4-15(14)20-10)16(23)21-8-13(9-21)22-7-11(5-17)6-18-22/h2-4,6-7,13H,8-9H2,1H3,(H,19,20). The fraction of sp³-hybridized carbons (Fsp3) is 0.250. The molecule has 0 atom stereocenters. The van der Waals surface area contributed by atoms with Crippen molar-refractivity contribution in [3.8, 4) is 6.07 Å². The third-order valence-corrected chi connectivity index (χ3v) is 4.10. The highest BCUT2D eigenvalue weighted by molar-refractivity contribution is 5.97. The van der Waals surface area contributed by atoms with Gasteiger partial charge in [0, 0.05) is 24.8 Å². The Hall–Kier alpha value is -3.14. The molecule has 1 N–H and O–H groups in total. The van der Waals surface area contributed by atoms with Crippen LogP contribution in [0.5, 0.6) is 0 Å². The van der Waals surface area contributed by atoms with Gasteiger partial charge in [0.05, 0.1) is 28.8 Å². The fourth-order valence-corrected chi connectivity index (χ4v) is 2.84. The van der Waals surface area contributed by atoms with Crippen LogP contribution in [0, 0.1) is 18.3 Å². The minimum atomic E-state index is 0.00284. The molecule has 1 saturated heterocycles. The van der Waals surface area contributed by atoms with Crippen LogP contribution in [0.4, 0.5) is 0 Å². The van der Waals surface area contributed by atoms with Crippen LogP contribution >= 0.6 is 0 Å². The van der Waals surface area contributed by atoms with Crippen molar-refractivity contribution in [2.75, 3.05) is 13.1 Å². The summed E-state index contributed by atoms with van der Waals surface area (Å²) in [6, 6.07) is 7.70. The highest BCUT2D eigenvalue weighted by Gasteiger charge is 2.33. The number of fused-ring (bicyclic) bond motifs is 1. The summed E-state index contributed by atoms with van der Waals surface area (Å²) in [7, 11) is 0. The first-order valence-corrected chi connectivity index (χ1v) is 7.34. The molecule has 1 aliphatic rings. The van der Waals surface area contributed by atoms with Gasteiger partial charge in [-0.2, -0.15) is 10.4 Å². The van der Waals surface area contributed by atoms with E-state index in [9.17, 15) is 4.79 Å². The first-order valence-electron chi connectivity index (χ1n) is 7.34. The second-order valence-corrected chi connectivity index (χ2v) is 5.74. The van der Waals surface area contributed by atoms with Crippen molar-refractivity contribution in [2.45, 2.75) is 13.0 Å². The van der Waals surface area contributed by atoms with Gasteiger partial charge in [0.25, 0.3) is 5.91 Å². The molecule has 1 fully saturated rings. The van der Waals surface area contributed by atoms with Crippen LogP contribution in [0.25, 0.3) is 11.0 Å². The molecule has 0 saturated carbocycles. The maximum atomic E-state index is 12.5. The van der Waals surface area contributed by atoms with Crippen LogP contribution in [-0.4, -0.2) is 43.6 Å². The van der Waals surface area contributed by atoms with Crippen LogP contribution < -0.4 is 0 Å². The molecule has 4 rings (SSSR count). The number of carbonyl (C=O) groups is 1. The number of likely N-dealkylation sites (tertiary alicyclic amines) is 1. The minimum Gasteiger partial charge on any atom is -0.342 e. The first-order chi connectivity index (χ1) is 11.1. The summed E-state index contributed by atoms with van der Waals surface area (Å²) in [5.74, 6) is 0.837. The lowest BCUT2D eigenvalue weighted by Crippen LogP contribution is -2.50. The van der Waals surface area contributed by atoms with E-state index in [1.165, 1.54) is 0 Å². The van der Waals surface area contributed by atoms with Gasteiger partial charge >= 0.3 is 0 Å². The van der Waals surface area contributed by atoms with Gasteiger partial charge in [-0.25, -0.2) is 4.98 Å². The van der Waals surface area contributed by atoms with E-state index in [0.717, 1.165) is 16.9 Å². The Kier molecular flexibility index (Phi) is 2.91. The maximum Gasteiger partial charge on any atom is 0.254 e. The summed E-state index contributed by atoms with van der Waals surface area (Å²) in [4.78, 5) is 21.8. The zero-order valence-electron chi connectivity index (χ0n) is 12.5. The molecule has 3 heterocycles. The molecule has 3 aromatic rings. The normalized spacial score (nSPS) is 14.7. The number of imidazole rings is 1. The van der Waals surface area contributed by atoms with Gasteiger partial charge in [-0.3, -0.25) is 9.48 Å². The van der Waals surface area contributed by atoms with Crippen molar-refractivity contribution in [2.24, 2.45) is 0 Å². The number of aryl methyl sites for hydroxylation is 1. The molecular formula is C16H14N6O. The van der Waals surface area contributed by atoms with Gasteiger partial charge in [-0.05, 0) is 25.1 Å². The summed E-state index contributed by atoms with van der Waals surface area (Å²) >= 11 is 0. The Morgan fingerprint density at radius 3 is 3.00 bits per heavy atom. The van der Waals surface area contributed by atoms with E-state index in [0.29, 0.717) is 24.2 Å². The molecule has 1 aliphatic heterocycles. The number of H-pyrrole nitrogens is 1. The molecule has 0 radical (unpaired) electrons. The average Bonchev–Trinajstić information content (AvgIpc) is 3.10. The van der Waals surface area contributed by atoms with Crippen LogP contribution in [-0.2, 0) is 0 Å². The average molecular weight is 306 g/mol. The largest absolute Gasteiger partial charge is 0.342 e. The predicted octanol–water partition coefficient (Wildman–Crippen LogP) is 1.64. The second kappa shape index (κ2) is 4.95. The number of carbonyl (C=O) groups excluding carboxylic acids is 1. The van der Waals surface area contributed by atoms with E-state index >= 15 is 0 Å². The number of aromatic nitrogens is 4. The second-order valence-electron chi connectivity index (χ2n) is 5.74. The van der Waals surface area contributed by atoms with E-state index < -0.39 is 0 Å². The zero-order chi connectivity index (χ0) is 16.0. The van der Waals surface area contributed by atoms with Gasteiger partial charge < -0.3 is 9.88 Å². The molecule has 114 valence electrons. The molecule has 1 amide bonds. The first kappa shape index (κ1) is 13.5. The predicted molar refractivity (Wildman–Crippen MR) is 82.7 cm³/mol. The van der Waals surface area contributed by atoms with E-state index in [1.807, 2.05) is 19.1 Å². The molecular weight excluding hydrogens is 292 g/mol. The summed E-state index contributed by atoms with van der Waals surface area (Å²) in [6.45, 7) is 3.10. The Bertz CT molecular complexity index is 941. The van der Waals surface area contributed by atoms with Gasteiger partial charge in [-0.1, -0.05) is 0 Å². The van der Waals surface area contributed by atoms with Crippen molar-refractivity contribution in [1.82, 2.24) is 24.6 Å². The molecule has 1 aromatic carbocycles. The third kappa shape index (κ3) is 2.25. The lowest BCUT2D eigenvalue weighted by atomic mass is 10.1. The number of nitriles is 1. The van der Waals surface area contributed by atoms with Crippen molar-refractivity contribution < 1.29 is 4.79 Å². The van der Waals surface area contributed by atoms with E-state index in [-0.39, 0.29) is 11.9 Å². The fourth-order valence-electron chi connectivity index (χ4n) is 2.84. The summed E-state index contributed by atoms with van der Waals surface area (Å²) < 4.78 is 1.75. The third-order valence-electron chi connectivity index (χ3n) is 4.10. The van der Waals surface area contributed by atoms with Crippen LogP contribution in [0.3, 0.4) is 0 Å². The van der Waals surface area contributed by atoms with Crippen molar-refractivity contribution in [3.05, 3.63) is 47.5 Å². The maximum absolute atomic E-state index is 12.5. The Morgan fingerprint density at radius 2 is 2.26 bits per heavy atom. The highest BCUT2D eigenvalue weighted by atomic mass is 16.2. The van der Waals surface area contributed by atoms with E-state index in [2.05, 4.69) is 21.1 Å². The number of aromatic amines is 1. The van der Waals surface area contributed by atoms with Crippen molar-refractivity contribution >= 4 is 16.9 Å². The Labute approximate surface area is 132 Å². The van der Waals surface area contributed by atoms with Gasteiger partial charge in [-0.15, -0.1) is 0 Å². The monoisotopic (exact) mass is 306 g/mol. The number of amides is 1. The van der Waals surface area contributed by atoms with Crippen molar-refractivity contribution in [1.29, 1.82) is 5.26 Å².